The van der Waals surface area contributed by atoms with Crippen molar-refractivity contribution in [3.63, 3.8) is 0 Å². The van der Waals surface area contributed by atoms with E-state index in [9.17, 15) is 9.59 Å². The number of nitrogens with zero attached hydrogens (tertiary/aromatic N) is 1. The van der Waals surface area contributed by atoms with Crippen LogP contribution in [-0.2, 0) is 21.5 Å². The molecule has 3 rings (SSSR count). The first kappa shape index (κ1) is 25.5. The van der Waals surface area contributed by atoms with Gasteiger partial charge in [0, 0.05) is 31.0 Å². The quantitative estimate of drug-likeness (QED) is 0.523. The van der Waals surface area contributed by atoms with Crippen LogP contribution in [-0.4, -0.2) is 43.4 Å². The molecule has 5 nitrogen and oxygen atoms in total. The highest BCUT2D eigenvalue weighted by atomic mass is 35.5. The highest BCUT2D eigenvalue weighted by Crippen LogP contribution is 2.41. The molecule has 0 heterocycles. The minimum atomic E-state index is -0.121. The lowest BCUT2D eigenvalue weighted by Crippen LogP contribution is -2.48. The van der Waals surface area contributed by atoms with Crippen LogP contribution < -0.4 is 10.6 Å². The molecule has 0 aliphatic heterocycles. The van der Waals surface area contributed by atoms with E-state index in [4.69, 9.17) is 23.2 Å². The Morgan fingerprint density at radius 2 is 1.64 bits per heavy atom. The first-order chi connectivity index (χ1) is 15.8. The van der Waals surface area contributed by atoms with Gasteiger partial charge in [0.05, 0.1) is 10.0 Å². The summed E-state index contributed by atoms with van der Waals surface area (Å²) < 4.78 is 0. The summed E-state index contributed by atoms with van der Waals surface area (Å²) in [4.78, 5) is 26.8. The summed E-state index contributed by atoms with van der Waals surface area (Å²) in [5, 5.41) is 7.02. The van der Waals surface area contributed by atoms with E-state index in [2.05, 4.69) is 53.9 Å². The fraction of sp³-hybridized carbons (Fsp3) is 0.462. The molecule has 0 unspecified atom stereocenters. The Balaban J connectivity index is 1.38. The lowest BCUT2D eigenvalue weighted by molar-refractivity contribution is -0.127. The van der Waals surface area contributed by atoms with Gasteiger partial charge in [-0.25, -0.2) is 0 Å². The molecule has 33 heavy (non-hydrogen) atoms. The molecule has 2 N–H and O–H groups in total. The van der Waals surface area contributed by atoms with Crippen molar-refractivity contribution in [1.29, 1.82) is 0 Å². The van der Waals surface area contributed by atoms with E-state index in [1.807, 2.05) is 12.1 Å². The fourth-order valence-corrected chi connectivity index (χ4v) is 4.96. The Morgan fingerprint density at radius 1 is 0.970 bits per heavy atom. The van der Waals surface area contributed by atoms with Crippen molar-refractivity contribution in [3.05, 3.63) is 69.7 Å². The Morgan fingerprint density at radius 3 is 2.27 bits per heavy atom. The number of halogens is 2. The standard InChI is InChI=1S/C26H33Cl2N3O2/c1-31(2)26(20-6-4-3-5-7-20)15-12-21(13-16-26)30-25(33)11-10-24(32)29-17-14-19-8-9-22(27)23(28)18-19/h3-9,18,21H,10-17H2,1-2H3,(H,29,32)(H,30,33). The van der Waals surface area contributed by atoms with E-state index in [0.29, 0.717) is 23.0 Å². The highest BCUT2D eigenvalue weighted by Gasteiger charge is 2.38. The van der Waals surface area contributed by atoms with Crippen molar-refractivity contribution in [1.82, 2.24) is 15.5 Å². The van der Waals surface area contributed by atoms with Gasteiger partial charge < -0.3 is 10.6 Å². The molecule has 2 aromatic carbocycles. The topological polar surface area (TPSA) is 61.4 Å². The molecule has 2 aromatic rings. The molecule has 178 valence electrons. The number of rotatable bonds is 9. The number of hydrogen-bond acceptors (Lipinski definition) is 3. The van der Waals surface area contributed by atoms with Crippen molar-refractivity contribution in [3.8, 4) is 0 Å². The first-order valence-electron chi connectivity index (χ1n) is 11.5. The third-order valence-corrected chi connectivity index (χ3v) is 7.38. The van der Waals surface area contributed by atoms with Crippen molar-refractivity contribution < 1.29 is 9.59 Å². The second-order valence-electron chi connectivity index (χ2n) is 8.98. The Kier molecular flexibility index (Phi) is 9.19. The molecule has 7 heteroatoms. The molecule has 0 saturated heterocycles. The van der Waals surface area contributed by atoms with Crippen LogP contribution in [0.5, 0.6) is 0 Å². The predicted molar refractivity (Wildman–Crippen MR) is 135 cm³/mol. The highest BCUT2D eigenvalue weighted by molar-refractivity contribution is 6.42. The SMILES string of the molecule is CN(C)C1(c2ccccc2)CCC(NC(=O)CCC(=O)NCCc2ccc(Cl)c(Cl)c2)CC1. The van der Waals surface area contributed by atoms with E-state index >= 15 is 0 Å². The zero-order valence-electron chi connectivity index (χ0n) is 19.4. The maximum Gasteiger partial charge on any atom is 0.220 e. The van der Waals surface area contributed by atoms with E-state index in [0.717, 1.165) is 31.2 Å². The molecular weight excluding hydrogens is 457 g/mol. The molecule has 0 atom stereocenters. The molecule has 1 aliphatic carbocycles. The largest absolute Gasteiger partial charge is 0.356 e. The van der Waals surface area contributed by atoms with Crippen LogP contribution >= 0.6 is 23.2 Å². The van der Waals surface area contributed by atoms with Gasteiger partial charge in [0.15, 0.2) is 0 Å². The van der Waals surface area contributed by atoms with Crippen LogP contribution in [0, 0.1) is 0 Å². The summed E-state index contributed by atoms with van der Waals surface area (Å²) in [5.74, 6) is -0.179. The van der Waals surface area contributed by atoms with Gasteiger partial charge in [-0.05, 0) is 69.5 Å². The molecule has 0 aromatic heterocycles. The maximum atomic E-state index is 12.4. The Bertz CT molecular complexity index is 942. The van der Waals surface area contributed by atoms with E-state index in [1.165, 1.54) is 5.56 Å². The third-order valence-electron chi connectivity index (χ3n) is 6.64. The number of carbonyl (C=O) groups excluding carboxylic acids is 2. The monoisotopic (exact) mass is 489 g/mol. The van der Waals surface area contributed by atoms with Crippen LogP contribution in [0.4, 0.5) is 0 Å². The Labute approximate surface area is 206 Å². The third kappa shape index (κ3) is 6.95. The fourth-order valence-electron chi connectivity index (χ4n) is 4.64. The normalized spacial score (nSPS) is 20.5. The minimum absolute atomic E-state index is 0.0106. The van der Waals surface area contributed by atoms with Crippen molar-refractivity contribution in [2.24, 2.45) is 0 Å². The van der Waals surface area contributed by atoms with Gasteiger partial charge in [-0.15, -0.1) is 0 Å². The number of carbonyl (C=O) groups is 2. The second-order valence-corrected chi connectivity index (χ2v) is 9.80. The molecule has 2 amide bonds. The predicted octanol–water partition coefficient (Wildman–Crippen LogP) is 4.95. The molecule has 0 radical (unpaired) electrons. The number of nitrogens with one attached hydrogen (secondary N) is 2. The van der Waals surface area contributed by atoms with Crippen molar-refractivity contribution in [2.75, 3.05) is 20.6 Å². The summed E-state index contributed by atoms with van der Waals surface area (Å²) in [6, 6.07) is 16.2. The molecule has 1 fully saturated rings. The van der Waals surface area contributed by atoms with Gasteiger partial charge in [0.2, 0.25) is 11.8 Å². The molecular formula is C26H33Cl2N3O2. The Hall–Kier alpha value is -2.08. The van der Waals surface area contributed by atoms with E-state index < -0.39 is 0 Å². The van der Waals surface area contributed by atoms with E-state index in [-0.39, 0.29) is 36.2 Å². The van der Waals surface area contributed by atoms with Gasteiger partial charge in [0.1, 0.15) is 0 Å². The lowest BCUT2D eigenvalue weighted by atomic mass is 9.74. The summed E-state index contributed by atoms with van der Waals surface area (Å²) >= 11 is 11.9. The van der Waals surface area contributed by atoms with Crippen LogP contribution in [0.2, 0.25) is 10.0 Å². The first-order valence-corrected chi connectivity index (χ1v) is 12.3. The molecule has 0 spiro atoms. The van der Waals surface area contributed by atoms with Crippen LogP contribution in [0.1, 0.15) is 49.7 Å². The van der Waals surface area contributed by atoms with Crippen LogP contribution in [0.15, 0.2) is 48.5 Å². The molecule has 1 aliphatic rings. The zero-order chi connectivity index (χ0) is 23.8. The van der Waals surface area contributed by atoms with E-state index in [1.54, 1.807) is 12.1 Å². The zero-order valence-corrected chi connectivity index (χ0v) is 20.9. The average Bonchev–Trinajstić information content (AvgIpc) is 2.81. The lowest BCUT2D eigenvalue weighted by Gasteiger charge is -2.45. The maximum absolute atomic E-state index is 12.4. The number of amides is 2. The van der Waals surface area contributed by atoms with Crippen LogP contribution in [0.3, 0.4) is 0 Å². The van der Waals surface area contributed by atoms with Gasteiger partial charge in [-0.3, -0.25) is 14.5 Å². The van der Waals surface area contributed by atoms with Gasteiger partial charge in [-0.1, -0.05) is 59.6 Å². The smallest absolute Gasteiger partial charge is 0.220 e. The average molecular weight is 490 g/mol. The minimum Gasteiger partial charge on any atom is -0.356 e. The number of hydrogen-bond donors (Lipinski definition) is 2. The van der Waals surface area contributed by atoms with Crippen molar-refractivity contribution in [2.45, 2.75) is 56.5 Å². The summed E-state index contributed by atoms with van der Waals surface area (Å²) in [6.45, 7) is 0.493. The van der Waals surface area contributed by atoms with Crippen molar-refractivity contribution >= 4 is 35.0 Å². The number of benzene rings is 2. The second kappa shape index (κ2) is 11.9. The summed E-state index contributed by atoms with van der Waals surface area (Å²) in [6.07, 6.45) is 4.88. The molecule has 1 saturated carbocycles. The molecule has 0 bridgehead atoms. The summed E-state index contributed by atoms with van der Waals surface area (Å²) in [5.41, 5.74) is 2.35. The van der Waals surface area contributed by atoms with Gasteiger partial charge >= 0.3 is 0 Å². The van der Waals surface area contributed by atoms with Gasteiger partial charge in [-0.2, -0.15) is 0 Å². The van der Waals surface area contributed by atoms with Crippen LogP contribution in [0.25, 0.3) is 0 Å². The van der Waals surface area contributed by atoms with Gasteiger partial charge in [0.25, 0.3) is 0 Å². The summed E-state index contributed by atoms with van der Waals surface area (Å²) in [7, 11) is 4.26.